The van der Waals surface area contributed by atoms with Gasteiger partial charge in [0.1, 0.15) is 4.70 Å². The predicted octanol–water partition coefficient (Wildman–Crippen LogP) is 9.69. The van der Waals surface area contributed by atoms with Gasteiger partial charge in [0.2, 0.25) is 5.52 Å². The molecule has 0 saturated carbocycles. The number of benzene rings is 5. The molecule has 0 amide bonds. The van der Waals surface area contributed by atoms with Crippen LogP contribution in [0.2, 0.25) is 0 Å². The van der Waals surface area contributed by atoms with Crippen LogP contribution in [0.3, 0.4) is 0 Å². The first-order valence-electron chi connectivity index (χ1n) is 15.3. The van der Waals surface area contributed by atoms with Crippen molar-refractivity contribution < 1.29 is 4.57 Å². The van der Waals surface area contributed by atoms with Gasteiger partial charge in [-0.15, -0.1) is 11.3 Å². The van der Waals surface area contributed by atoms with Gasteiger partial charge >= 0.3 is 0 Å². The minimum atomic E-state index is 0.0231. The van der Waals surface area contributed by atoms with E-state index < -0.39 is 0 Å². The Labute approximate surface area is 256 Å². The lowest BCUT2D eigenvalue weighted by Crippen LogP contribution is -2.31. The SMILES string of the molecule is Cc1c(-c2c3sc4cc5c(cc4c3nc[n+]2C)C2c3ccccc3C5c3ccccc32)cc(C(C)(C)C)c2ccccc12. The lowest BCUT2D eigenvalue weighted by atomic mass is 9.61. The third kappa shape index (κ3) is 3.34. The topological polar surface area (TPSA) is 16.8 Å². The van der Waals surface area contributed by atoms with Gasteiger partial charge in [-0.05, 0) is 90.8 Å². The van der Waals surface area contributed by atoms with Crippen molar-refractivity contribution in [1.29, 1.82) is 0 Å². The Hall–Kier alpha value is -4.34. The second kappa shape index (κ2) is 8.61. The maximum Gasteiger partial charge on any atom is 0.287 e. The van der Waals surface area contributed by atoms with Crippen molar-refractivity contribution in [3.63, 3.8) is 0 Å². The number of aryl methyl sites for hydroxylation is 2. The summed E-state index contributed by atoms with van der Waals surface area (Å²) < 4.78 is 4.82. The number of nitrogens with zero attached hydrogens (tertiary/aromatic N) is 2. The number of rotatable bonds is 1. The van der Waals surface area contributed by atoms with Crippen molar-refractivity contribution in [3.05, 3.63) is 142 Å². The molecule has 43 heavy (non-hydrogen) atoms. The van der Waals surface area contributed by atoms with Gasteiger partial charge in [0.25, 0.3) is 6.33 Å². The van der Waals surface area contributed by atoms with Crippen molar-refractivity contribution in [2.75, 3.05) is 0 Å². The molecule has 2 nitrogen and oxygen atoms in total. The van der Waals surface area contributed by atoms with Crippen LogP contribution in [0.15, 0.2) is 97.3 Å². The van der Waals surface area contributed by atoms with E-state index >= 15 is 0 Å². The third-order valence-corrected chi connectivity index (χ3v) is 11.2. The maximum absolute atomic E-state index is 5.09. The summed E-state index contributed by atoms with van der Waals surface area (Å²) >= 11 is 1.90. The highest BCUT2D eigenvalue weighted by molar-refractivity contribution is 7.26. The molecular weight excluding hydrogens is 541 g/mol. The van der Waals surface area contributed by atoms with Gasteiger partial charge < -0.3 is 0 Å². The first kappa shape index (κ1) is 25.2. The molecule has 0 unspecified atom stereocenters. The zero-order valence-electron chi connectivity index (χ0n) is 25.2. The molecule has 10 rings (SSSR count). The average molecular weight is 574 g/mol. The Morgan fingerprint density at radius 1 is 0.674 bits per heavy atom. The fourth-order valence-corrected chi connectivity index (χ4v) is 9.37. The minimum absolute atomic E-state index is 0.0231. The molecule has 208 valence electrons. The van der Waals surface area contributed by atoms with Crippen molar-refractivity contribution >= 4 is 42.4 Å². The van der Waals surface area contributed by atoms with E-state index in [0.29, 0.717) is 0 Å². The highest BCUT2D eigenvalue weighted by Gasteiger charge is 2.41. The second-order valence-corrected chi connectivity index (χ2v) is 14.5. The molecular formula is C40H33N2S+. The van der Waals surface area contributed by atoms with Crippen LogP contribution >= 0.6 is 11.3 Å². The van der Waals surface area contributed by atoms with E-state index in [0.717, 1.165) is 5.52 Å². The van der Waals surface area contributed by atoms with Crippen LogP contribution in [-0.4, -0.2) is 4.98 Å². The van der Waals surface area contributed by atoms with Crippen LogP contribution in [0.25, 0.3) is 42.3 Å². The number of hydrogen-bond donors (Lipinski definition) is 0. The Kier molecular flexibility index (Phi) is 5.04. The molecule has 3 aliphatic carbocycles. The van der Waals surface area contributed by atoms with E-state index in [2.05, 4.69) is 130 Å². The summed E-state index contributed by atoms with van der Waals surface area (Å²) in [5.74, 6) is 0.547. The molecule has 0 fully saturated rings. The Morgan fingerprint density at radius 3 is 1.84 bits per heavy atom. The average Bonchev–Trinajstić information content (AvgIpc) is 3.37. The first-order chi connectivity index (χ1) is 20.8. The molecule has 0 aliphatic heterocycles. The molecule has 0 spiro atoms. The standard InChI is InChI=1S/C40H33N2S/c1-22-23-12-6-7-13-24(23)33(40(2,3)4)19-29(22)38-39-37(41-21-42(38)5)32-18-30-31(20-34(32)43-39)36-27-16-10-8-14-25(27)35(30)26-15-9-11-17-28(26)36/h6-21,35-36H,1-5H3/q+1. The van der Waals surface area contributed by atoms with Crippen LogP contribution in [-0.2, 0) is 12.5 Å². The van der Waals surface area contributed by atoms with E-state index in [9.17, 15) is 0 Å². The number of fused-ring (bicyclic) bond motifs is 4. The van der Waals surface area contributed by atoms with E-state index in [1.807, 2.05) is 17.7 Å². The van der Waals surface area contributed by atoms with E-state index in [1.54, 1.807) is 0 Å². The molecule has 2 aromatic heterocycles. The van der Waals surface area contributed by atoms with Gasteiger partial charge in [0, 0.05) is 27.5 Å². The van der Waals surface area contributed by atoms with Crippen LogP contribution in [0.1, 0.15) is 77.1 Å². The Balaban J connectivity index is 1.34. The molecule has 0 saturated heterocycles. The lowest BCUT2D eigenvalue weighted by Gasteiger charge is -2.42. The molecule has 0 radical (unpaired) electrons. The van der Waals surface area contributed by atoms with Gasteiger partial charge in [-0.2, -0.15) is 0 Å². The maximum atomic E-state index is 5.09. The molecule has 0 atom stereocenters. The summed E-state index contributed by atoms with van der Waals surface area (Å²) in [6.45, 7) is 9.26. The van der Waals surface area contributed by atoms with Crippen LogP contribution in [0.5, 0.6) is 0 Å². The van der Waals surface area contributed by atoms with E-state index in [4.69, 9.17) is 4.98 Å². The molecule has 3 aliphatic rings. The predicted molar refractivity (Wildman–Crippen MR) is 179 cm³/mol. The smallest absolute Gasteiger partial charge is 0.231 e. The van der Waals surface area contributed by atoms with Crippen molar-refractivity contribution in [3.8, 4) is 11.3 Å². The van der Waals surface area contributed by atoms with Crippen molar-refractivity contribution in [2.45, 2.75) is 44.9 Å². The van der Waals surface area contributed by atoms with Gasteiger partial charge in [-0.1, -0.05) is 93.6 Å². The number of thiophene rings is 1. The molecule has 7 aromatic rings. The second-order valence-electron chi connectivity index (χ2n) is 13.5. The van der Waals surface area contributed by atoms with Crippen molar-refractivity contribution in [1.82, 2.24) is 4.98 Å². The number of hydrogen-bond acceptors (Lipinski definition) is 2. The van der Waals surface area contributed by atoms with E-state index in [-0.39, 0.29) is 17.3 Å². The summed E-state index contributed by atoms with van der Waals surface area (Å²) in [4.78, 5) is 5.09. The zero-order chi connectivity index (χ0) is 29.2. The normalized spacial score (nSPS) is 17.0. The van der Waals surface area contributed by atoms with Gasteiger partial charge in [0.05, 0.1) is 7.05 Å². The third-order valence-electron chi connectivity index (χ3n) is 10.0. The summed E-state index contributed by atoms with van der Waals surface area (Å²) in [6.07, 6.45) is 2.02. The van der Waals surface area contributed by atoms with Crippen LogP contribution < -0.4 is 4.57 Å². The summed E-state index contributed by atoms with van der Waals surface area (Å²) in [5, 5.41) is 3.96. The quantitative estimate of drug-likeness (QED) is 0.179. The van der Waals surface area contributed by atoms with E-state index in [1.165, 1.54) is 81.3 Å². The minimum Gasteiger partial charge on any atom is -0.231 e. The largest absolute Gasteiger partial charge is 0.287 e. The van der Waals surface area contributed by atoms with Gasteiger partial charge in [-0.3, -0.25) is 0 Å². The summed E-state index contributed by atoms with van der Waals surface area (Å²) in [7, 11) is 2.15. The Morgan fingerprint density at radius 2 is 1.23 bits per heavy atom. The van der Waals surface area contributed by atoms with Crippen molar-refractivity contribution in [2.24, 2.45) is 7.05 Å². The molecule has 2 bridgehead atoms. The fraction of sp³-hybridized carbons (Fsp3) is 0.200. The fourth-order valence-electron chi connectivity index (χ4n) is 8.09. The van der Waals surface area contributed by atoms with Crippen LogP contribution in [0, 0.1) is 6.92 Å². The summed E-state index contributed by atoms with van der Waals surface area (Å²) in [5.41, 5.74) is 15.2. The monoisotopic (exact) mass is 573 g/mol. The number of aromatic nitrogens is 2. The lowest BCUT2D eigenvalue weighted by molar-refractivity contribution is -0.662. The van der Waals surface area contributed by atoms with Gasteiger partial charge in [0.15, 0.2) is 5.69 Å². The van der Waals surface area contributed by atoms with Gasteiger partial charge in [-0.25, -0.2) is 4.57 Å². The van der Waals surface area contributed by atoms with Crippen LogP contribution in [0.4, 0.5) is 0 Å². The summed E-state index contributed by atoms with van der Waals surface area (Å²) in [6, 6.07) is 34.5. The highest BCUT2D eigenvalue weighted by atomic mass is 32.1. The molecule has 0 N–H and O–H groups in total. The zero-order valence-corrected chi connectivity index (χ0v) is 26.0. The highest BCUT2D eigenvalue weighted by Crippen LogP contribution is 2.57. The molecule has 3 heteroatoms. The first-order valence-corrected chi connectivity index (χ1v) is 16.1. The molecule has 2 heterocycles. The molecule has 5 aromatic carbocycles. The Bertz CT molecular complexity index is 2270.